The van der Waals surface area contributed by atoms with Gasteiger partial charge in [0.25, 0.3) is 0 Å². The Bertz CT molecular complexity index is 610. The third-order valence-corrected chi connectivity index (χ3v) is 2.59. The minimum absolute atomic E-state index is 0.206. The maximum absolute atomic E-state index is 11.5. The molecule has 0 saturated carbocycles. The van der Waals surface area contributed by atoms with Crippen LogP contribution in [0.2, 0.25) is 0 Å². The van der Waals surface area contributed by atoms with Gasteiger partial charge in [-0.3, -0.25) is 4.79 Å². The van der Waals surface area contributed by atoms with Gasteiger partial charge in [-0.2, -0.15) is 0 Å². The number of primary amides is 1. The third kappa shape index (κ3) is 4.90. The molecule has 1 aromatic heterocycles. The molecule has 0 spiro atoms. The topological polar surface area (TPSA) is 109 Å². The summed E-state index contributed by atoms with van der Waals surface area (Å²) in [5.74, 6) is 0.214. The lowest BCUT2D eigenvalue weighted by Gasteiger charge is -2.09. The van der Waals surface area contributed by atoms with Gasteiger partial charge in [0.1, 0.15) is 5.76 Å². The van der Waals surface area contributed by atoms with Gasteiger partial charge in [-0.25, -0.2) is 4.79 Å². The van der Waals surface area contributed by atoms with Gasteiger partial charge in [0.05, 0.1) is 19.4 Å². The molecule has 0 atom stereocenters. The number of nitrogens with two attached hydrogens (primary N) is 1. The van der Waals surface area contributed by atoms with Crippen molar-refractivity contribution in [3.63, 3.8) is 0 Å². The summed E-state index contributed by atoms with van der Waals surface area (Å²) in [6.45, 7) is 0.340. The predicted octanol–water partition coefficient (Wildman–Crippen LogP) is 1.50. The summed E-state index contributed by atoms with van der Waals surface area (Å²) in [5.41, 5.74) is 6.37. The molecule has 110 valence electrons. The molecule has 0 fully saturated rings. The van der Waals surface area contributed by atoms with Crippen LogP contribution in [0.5, 0.6) is 0 Å². The molecule has 3 amide bonds. The largest absolute Gasteiger partial charge is 0.467 e. The van der Waals surface area contributed by atoms with Crippen molar-refractivity contribution >= 4 is 23.3 Å². The van der Waals surface area contributed by atoms with Gasteiger partial charge in [0, 0.05) is 11.4 Å². The van der Waals surface area contributed by atoms with Crippen LogP contribution in [0.3, 0.4) is 0 Å². The van der Waals surface area contributed by atoms with Gasteiger partial charge in [0.2, 0.25) is 5.91 Å². The van der Waals surface area contributed by atoms with Gasteiger partial charge in [-0.15, -0.1) is 0 Å². The molecular formula is C14H16N4O3. The molecule has 2 rings (SSSR count). The number of carbonyl (C=O) groups is 2. The summed E-state index contributed by atoms with van der Waals surface area (Å²) in [6.07, 6.45) is 1.61. The lowest BCUT2D eigenvalue weighted by Crippen LogP contribution is -2.36. The Morgan fingerprint density at radius 1 is 1.14 bits per heavy atom. The first-order valence-corrected chi connectivity index (χ1v) is 6.33. The van der Waals surface area contributed by atoms with Crippen LogP contribution in [0.15, 0.2) is 47.1 Å². The number of furan rings is 1. The summed E-state index contributed by atoms with van der Waals surface area (Å²) >= 11 is 0. The highest BCUT2D eigenvalue weighted by molar-refractivity contribution is 5.92. The second-order valence-corrected chi connectivity index (χ2v) is 4.29. The second-order valence-electron chi connectivity index (χ2n) is 4.29. The number of amides is 3. The Hall–Kier alpha value is -2.96. The average Bonchev–Trinajstić information content (AvgIpc) is 2.97. The van der Waals surface area contributed by atoms with Crippen molar-refractivity contribution < 1.29 is 14.0 Å². The van der Waals surface area contributed by atoms with Crippen LogP contribution < -0.4 is 21.7 Å². The number of hydrogen-bond donors (Lipinski definition) is 4. The van der Waals surface area contributed by atoms with E-state index in [0.717, 1.165) is 11.4 Å². The average molecular weight is 288 g/mol. The fourth-order valence-corrected chi connectivity index (χ4v) is 1.65. The van der Waals surface area contributed by atoms with Crippen LogP contribution in [0, 0.1) is 0 Å². The first-order valence-electron chi connectivity index (χ1n) is 6.33. The SMILES string of the molecule is NC(=O)CNC(=O)Nc1cccc(NCc2ccco2)c1. The lowest BCUT2D eigenvalue weighted by atomic mass is 10.2. The number of rotatable bonds is 6. The van der Waals surface area contributed by atoms with Crippen molar-refractivity contribution in [1.82, 2.24) is 5.32 Å². The van der Waals surface area contributed by atoms with Crippen LogP contribution in [0.4, 0.5) is 16.2 Å². The highest BCUT2D eigenvalue weighted by Gasteiger charge is 2.04. The van der Waals surface area contributed by atoms with E-state index in [1.54, 1.807) is 24.5 Å². The summed E-state index contributed by atoms with van der Waals surface area (Å²) in [5, 5.41) is 8.13. The molecule has 5 N–H and O–H groups in total. The molecule has 0 bridgehead atoms. The molecular weight excluding hydrogens is 272 g/mol. The van der Waals surface area contributed by atoms with Crippen molar-refractivity contribution in [3.05, 3.63) is 48.4 Å². The number of carbonyl (C=O) groups excluding carboxylic acids is 2. The maximum Gasteiger partial charge on any atom is 0.319 e. The summed E-state index contributed by atoms with van der Waals surface area (Å²) in [6, 6.07) is 10.4. The van der Waals surface area contributed by atoms with Crippen molar-refractivity contribution in [3.8, 4) is 0 Å². The minimum Gasteiger partial charge on any atom is -0.467 e. The van der Waals surface area contributed by atoms with Gasteiger partial charge in [-0.05, 0) is 30.3 Å². The molecule has 0 unspecified atom stereocenters. The number of hydrogen-bond acceptors (Lipinski definition) is 4. The van der Waals surface area contributed by atoms with Gasteiger partial charge >= 0.3 is 6.03 Å². The van der Waals surface area contributed by atoms with E-state index in [1.165, 1.54) is 0 Å². The number of urea groups is 1. The molecule has 0 aliphatic heterocycles. The number of nitrogens with one attached hydrogen (secondary N) is 3. The standard InChI is InChI=1S/C14H16N4O3/c15-13(19)9-17-14(20)18-11-4-1-3-10(7-11)16-8-12-5-2-6-21-12/h1-7,16H,8-9H2,(H2,15,19)(H2,17,18,20). The van der Waals surface area contributed by atoms with E-state index in [9.17, 15) is 9.59 Å². The van der Waals surface area contributed by atoms with Crippen LogP contribution >= 0.6 is 0 Å². The van der Waals surface area contributed by atoms with Crippen molar-refractivity contribution in [2.24, 2.45) is 5.73 Å². The Kier molecular flexibility index (Phi) is 4.81. The minimum atomic E-state index is -0.598. The Morgan fingerprint density at radius 3 is 2.67 bits per heavy atom. The fourth-order valence-electron chi connectivity index (χ4n) is 1.65. The van der Waals surface area contributed by atoms with Crippen LogP contribution in [-0.4, -0.2) is 18.5 Å². The molecule has 1 aromatic carbocycles. The first-order chi connectivity index (χ1) is 10.1. The van der Waals surface area contributed by atoms with Gasteiger partial charge in [-0.1, -0.05) is 6.07 Å². The molecule has 1 heterocycles. The summed E-state index contributed by atoms with van der Waals surface area (Å²) < 4.78 is 5.22. The summed E-state index contributed by atoms with van der Waals surface area (Å²) in [7, 11) is 0. The molecule has 0 radical (unpaired) electrons. The Morgan fingerprint density at radius 2 is 1.95 bits per heavy atom. The highest BCUT2D eigenvalue weighted by atomic mass is 16.3. The van der Waals surface area contributed by atoms with Crippen LogP contribution in [0.1, 0.15) is 5.76 Å². The quantitative estimate of drug-likeness (QED) is 0.645. The molecule has 7 heteroatoms. The molecule has 0 aliphatic carbocycles. The zero-order valence-electron chi connectivity index (χ0n) is 11.3. The van der Waals surface area contributed by atoms with Crippen LogP contribution in [-0.2, 0) is 11.3 Å². The van der Waals surface area contributed by atoms with E-state index >= 15 is 0 Å². The van der Waals surface area contributed by atoms with E-state index in [1.807, 2.05) is 18.2 Å². The van der Waals surface area contributed by atoms with E-state index in [0.29, 0.717) is 12.2 Å². The highest BCUT2D eigenvalue weighted by Crippen LogP contribution is 2.16. The first kappa shape index (κ1) is 14.4. The van der Waals surface area contributed by atoms with Crippen molar-refractivity contribution in [2.75, 3.05) is 17.2 Å². The monoisotopic (exact) mass is 288 g/mol. The Labute approximate surface area is 121 Å². The third-order valence-electron chi connectivity index (χ3n) is 2.59. The number of benzene rings is 1. The van der Waals surface area contributed by atoms with E-state index in [-0.39, 0.29) is 6.54 Å². The van der Waals surface area contributed by atoms with E-state index < -0.39 is 11.9 Å². The molecule has 0 saturated heterocycles. The fraction of sp³-hybridized carbons (Fsp3) is 0.143. The van der Waals surface area contributed by atoms with Crippen LogP contribution in [0.25, 0.3) is 0 Å². The van der Waals surface area contributed by atoms with Crippen molar-refractivity contribution in [1.29, 1.82) is 0 Å². The maximum atomic E-state index is 11.5. The zero-order valence-corrected chi connectivity index (χ0v) is 11.3. The normalized spacial score (nSPS) is 9.90. The smallest absolute Gasteiger partial charge is 0.319 e. The Balaban J connectivity index is 1.88. The van der Waals surface area contributed by atoms with E-state index in [2.05, 4.69) is 16.0 Å². The zero-order chi connectivity index (χ0) is 15.1. The molecule has 21 heavy (non-hydrogen) atoms. The predicted molar refractivity (Wildman–Crippen MR) is 78.7 cm³/mol. The van der Waals surface area contributed by atoms with E-state index in [4.69, 9.17) is 10.2 Å². The molecule has 7 nitrogen and oxygen atoms in total. The van der Waals surface area contributed by atoms with Gasteiger partial charge in [0.15, 0.2) is 0 Å². The molecule has 2 aromatic rings. The second kappa shape index (κ2) is 6.99. The summed E-state index contributed by atoms with van der Waals surface area (Å²) in [4.78, 5) is 22.1. The lowest BCUT2D eigenvalue weighted by molar-refractivity contribution is -0.117. The number of anilines is 2. The molecule has 0 aliphatic rings. The van der Waals surface area contributed by atoms with Gasteiger partial charge < -0.3 is 26.1 Å². The van der Waals surface area contributed by atoms with Crippen molar-refractivity contribution in [2.45, 2.75) is 6.54 Å².